The molecule has 1 fully saturated rings. The maximum absolute atomic E-state index is 12.2. The van der Waals surface area contributed by atoms with E-state index in [1.165, 1.54) is 15.3 Å². The fourth-order valence-corrected chi connectivity index (χ4v) is 3.59. The van der Waals surface area contributed by atoms with Gasteiger partial charge in [0.15, 0.2) is 0 Å². The van der Waals surface area contributed by atoms with E-state index in [1.807, 2.05) is 4.90 Å². The van der Waals surface area contributed by atoms with E-state index in [1.54, 1.807) is 11.3 Å². The van der Waals surface area contributed by atoms with Crippen LogP contribution >= 0.6 is 11.3 Å². The number of amides is 3. The molecule has 3 amide bonds. The van der Waals surface area contributed by atoms with E-state index in [4.69, 9.17) is 0 Å². The van der Waals surface area contributed by atoms with Gasteiger partial charge in [-0.05, 0) is 23.4 Å². The summed E-state index contributed by atoms with van der Waals surface area (Å²) >= 11 is 1.74. The fraction of sp³-hybridized carbons (Fsp3) is 0.500. The fourth-order valence-electron chi connectivity index (χ4n) is 2.70. The number of fused-ring (bicyclic) bond motifs is 1. The van der Waals surface area contributed by atoms with Crippen LogP contribution in [0.5, 0.6) is 0 Å². The summed E-state index contributed by atoms with van der Waals surface area (Å²) in [6, 6.07) is 2.06. The normalized spacial score (nSPS) is 18.6. The average Bonchev–Trinajstić information content (AvgIpc) is 3.03. The van der Waals surface area contributed by atoms with Gasteiger partial charge in [0.05, 0.1) is 0 Å². The molecule has 0 unspecified atom stereocenters. The third-order valence-electron chi connectivity index (χ3n) is 3.86. The smallest absolute Gasteiger partial charge is 0.229 e. The average molecular weight is 292 g/mol. The van der Waals surface area contributed by atoms with Gasteiger partial charge in [0.25, 0.3) is 0 Å². The molecule has 2 aliphatic rings. The van der Waals surface area contributed by atoms with Crippen LogP contribution in [0.2, 0.25) is 0 Å². The van der Waals surface area contributed by atoms with E-state index in [2.05, 4.69) is 11.4 Å². The highest BCUT2D eigenvalue weighted by molar-refractivity contribution is 7.10. The standard InChI is InChI=1S/C14H16N2O3S/c17-12(4-7-16-13(18)1-2-14(16)19)15-6-3-11-10(9-15)5-8-20-11/h5,8H,1-4,6-7,9H2. The second kappa shape index (κ2) is 5.36. The van der Waals surface area contributed by atoms with Gasteiger partial charge in [-0.15, -0.1) is 11.3 Å². The van der Waals surface area contributed by atoms with Crippen molar-refractivity contribution in [3.63, 3.8) is 0 Å². The first-order valence-electron chi connectivity index (χ1n) is 6.81. The van der Waals surface area contributed by atoms with Crippen LogP contribution in [0.25, 0.3) is 0 Å². The van der Waals surface area contributed by atoms with E-state index in [0.717, 1.165) is 13.0 Å². The minimum Gasteiger partial charge on any atom is -0.338 e. The van der Waals surface area contributed by atoms with E-state index < -0.39 is 0 Å². The molecule has 0 spiro atoms. The first-order valence-corrected chi connectivity index (χ1v) is 7.69. The van der Waals surface area contributed by atoms with Crippen molar-refractivity contribution in [3.05, 3.63) is 21.9 Å². The molecule has 1 aromatic rings. The number of imide groups is 1. The Hall–Kier alpha value is -1.69. The molecule has 0 atom stereocenters. The summed E-state index contributed by atoms with van der Waals surface area (Å²) in [7, 11) is 0. The highest BCUT2D eigenvalue weighted by Crippen LogP contribution is 2.24. The molecule has 20 heavy (non-hydrogen) atoms. The number of nitrogens with zero attached hydrogens (tertiary/aromatic N) is 2. The van der Waals surface area contributed by atoms with Gasteiger partial charge in [0, 0.05) is 43.8 Å². The van der Waals surface area contributed by atoms with Gasteiger partial charge >= 0.3 is 0 Å². The minimum atomic E-state index is -0.151. The lowest BCUT2D eigenvalue weighted by Crippen LogP contribution is -2.38. The molecule has 3 rings (SSSR count). The predicted octanol–water partition coefficient (Wildman–Crippen LogP) is 1.17. The zero-order valence-corrected chi connectivity index (χ0v) is 11.9. The van der Waals surface area contributed by atoms with E-state index >= 15 is 0 Å². The van der Waals surface area contributed by atoms with Gasteiger partial charge in [-0.25, -0.2) is 0 Å². The van der Waals surface area contributed by atoms with Crippen molar-refractivity contribution in [1.82, 2.24) is 9.80 Å². The first kappa shape index (κ1) is 13.3. The molecular weight excluding hydrogens is 276 g/mol. The largest absolute Gasteiger partial charge is 0.338 e. The lowest BCUT2D eigenvalue weighted by Gasteiger charge is -2.27. The molecule has 0 aromatic carbocycles. The molecule has 1 saturated heterocycles. The van der Waals surface area contributed by atoms with Gasteiger partial charge in [-0.1, -0.05) is 0 Å². The van der Waals surface area contributed by atoms with Crippen LogP contribution in [0, 0.1) is 0 Å². The molecule has 6 heteroatoms. The molecule has 0 saturated carbocycles. The summed E-state index contributed by atoms with van der Waals surface area (Å²) in [6.07, 6.45) is 1.71. The maximum atomic E-state index is 12.2. The maximum Gasteiger partial charge on any atom is 0.229 e. The topological polar surface area (TPSA) is 57.7 Å². The van der Waals surface area contributed by atoms with Crippen LogP contribution in [0.1, 0.15) is 29.7 Å². The number of hydrogen-bond acceptors (Lipinski definition) is 4. The molecular formula is C14H16N2O3S. The molecule has 3 heterocycles. The van der Waals surface area contributed by atoms with Crippen molar-refractivity contribution in [2.75, 3.05) is 13.1 Å². The van der Waals surface area contributed by atoms with Crippen LogP contribution < -0.4 is 0 Å². The third kappa shape index (κ3) is 2.47. The number of carbonyl (C=O) groups is 3. The second-order valence-corrected chi connectivity index (χ2v) is 6.12. The van der Waals surface area contributed by atoms with Crippen molar-refractivity contribution < 1.29 is 14.4 Å². The van der Waals surface area contributed by atoms with Crippen molar-refractivity contribution in [1.29, 1.82) is 0 Å². The Balaban J connectivity index is 1.55. The number of carbonyl (C=O) groups excluding carboxylic acids is 3. The molecule has 2 aliphatic heterocycles. The van der Waals surface area contributed by atoms with Crippen LogP contribution in [-0.2, 0) is 27.3 Å². The molecule has 5 nitrogen and oxygen atoms in total. The Morgan fingerprint density at radius 2 is 1.95 bits per heavy atom. The molecule has 0 radical (unpaired) electrons. The number of hydrogen-bond donors (Lipinski definition) is 0. The van der Waals surface area contributed by atoms with Gasteiger partial charge < -0.3 is 4.90 Å². The second-order valence-electron chi connectivity index (χ2n) is 5.12. The van der Waals surface area contributed by atoms with Crippen LogP contribution in [0.3, 0.4) is 0 Å². The van der Waals surface area contributed by atoms with Gasteiger partial charge in [-0.2, -0.15) is 0 Å². The third-order valence-corrected chi connectivity index (χ3v) is 4.89. The van der Waals surface area contributed by atoms with E-state index in [9.17, 15) is 14.4 Å². The summed E-state index contributed by atoms with van der Waals surface area (Å²) in [5.41, 5.74) is 1.22. The van der Waals surface area contributed by atoms with E-state index in [0.29, 0.717) is 6.54 Å². The van der Waals surface area contributed by atoms with Gasteiger partial charge in [-0.3, -0.25) is 19.3 Å². The van der Waals surface area contributed by atoms with Gasteiger partial charge in [0.2, 0.25) is 17.7 Å². The Kier molecular flexibility index (Phi) is 3.56. The molecule has 0 aliphatic carbocycles. The van der Waals surface area contributed by atoms with E-state index in [-0.39, 0.29) is 43.5 Å². The lowest BCUT2D eigenvalue weighted by molar-refractivity contribution is -0.139. The Bertz CT molecular complexity index is 551. The van der Waals surface area contributed by atoms with Crippen molar-refractivity contribution in [2.45, 2.75) is 32.2 Å². The lowest BCUT2D eigenvalue weighted by atomic mass is 10.1. The highest BCUT2D eigenvalue weighted by atomic mass is 32.1. The molecule has 0 N–H and O–H groups in total. The summed E-state index contributed by atoms with van der Waals surface area (Å²) in [5.74, 6) is -0.280. The van der Waals surface area contributed by atoms with Crippen LogP contribution in [-0.4, -0.2) is 40.6 Å². The Labute approximate surface area is 121 Å². The zero-order valence-electron chi connectivity index (χ0n) is 11.1. The SMILES string of the molecule is O=C(CCN1C(=O)CCC1=O)N1CCc2sccc2C1. The minimum absolute atomic E-state index is 0.0225. The number of thiophene rings is 1. The summed E-state index contributed by atoms with van der Waals surface area (Å²) in [6.45, 7) is 1.61. The predicted molar refractivity (Wildman–Crippen MR) is 74.0 cm³/mol. The van der Waals surface area contributed by atoms with Crippen molar-refractivity contribution in [2.24, 2.45) is 0 Å². The van der Waals surface area contributed by atoms with Crippen molar-refractivity contribution >= 4 is 29.1 Å². The Morgan fingerprint density at radius 3 is 2.70 bits per heavy atom. The summed E-state index contributed by atoms with van der Waals surface area (Å²) in [5, 5.41) is 2.06. The van der Waals surface area contributed by atoms with Crippen LogP contribution in [0.15, 0.2) is 11.4 Å². The van der Waals surface area contributed by atoms with Crippen molar-refractivity contribution in [3.8, 4) is 0 Å². The summed E-state index contributed by atoms with van der Waals surface area (Å²) in [4.78, 5) is 39.5. The molecule has 1 aromatic heterocycles. The van der Waals surface area contributed by atoms with Crippen LogP contribution in [0.4, 0.5) is 0 Å². The zero-order chi connectivity index (χ0) is 14.1. The number of likely N-dealkylation sites (tertiary alicyclic amines) is 1. The highest BCUT2D eigenvalue weighted by Gasteiger charge is 2.30. The Morgan fingerprint density at radius 1 is 1.20 bits per heavy atom. The van der Waals surface area contributed by atoms with Gasteiger partial charge in [0.1, 0.15) is 0 Å². The quantitative estimate of drug-likeness (QED) is 0.786. The summed E-state index contributed by atoms with van der Waals surface area (Å²) < 4.78 is 0. The monoisotopic (exact) mass is 292 g/mol. The first-order chi connectivity index (χ1) is 9.65. The molecule has 0 bridgehead atoms. The molecule has 106 valence electrons. The number of rotatable bonds is 3.